The number of anilines is 1. The first-order chi connectivity index (χ1) is 9.31. The van der Waals surface area contributed by atoms with Crippen LogP contribution in [0.2, 0.25) is 0 Å². The number of halogens is 1. The number of aliphatic hydroxyl groups is 1. The lowest BCUT2D eigenvalue weighted by atomic mass is 10.1. The van der Waals surface area contributed by atoms with Crippen LogP contribution in [-0.4, -0.2) is 40.5 Å². The molecule has 106 valence electrons. The summed E-state index contributed by atoms with van der Waals surface area (Å²) in [5, 5.41) is 18.3. The Morgan fingerprint density at radius 1 is 1.40 bits per heavy atom. The lowest BCUT2D eigenvalue weighted by molar-refractivity contribution is -0.139. The van der Waals surface area contributed by atoms with E-state index >= 15 is 0 Å². The number of benzene rings is 1. The average Bonchev–Trinajstić information content (AvgIpc) is 2.53. The molecule has 0 aromatic heterocycles. The molecule has 1 atom stereocenters. The predicted molar refractivity (Wildman–Crippen MR) is 73.8 cm³/mol. The Hall–Kier alpha value is -1.73. The molecular weight excluding hydrogens is 330 g/mol. The van der Waals surface area contributed by atoms with E-state index in [-0.39, 0.29) is 12.1 Å². The van der Waals surface area contributed by atoms with E-state index in [2.05, 4.69) is 15.9 Å². The molecule has 1 aromatic carbocycles. The Labute approximate surface area is 123 Å². The lowest BCUT2D eigenvalue weighted by Crippen LogP contribution is -2.37. The van der Waals surface area contributed by atoms with E-state index in [1.807, 2.05) is 0 Å². The van der Waals surface area contributed by atoms with Gasteiger partial charge in [-0.1, -0.05) is 15.9 Å². The van der Waals surface area contributed by atoms with Crippen LogP contribution in [0, 0.1) is 6.92 Å². The highest BCUT2D eigenvalue weighted by molar-refractivity contribution is 9.10. The smallest absolute Gasteiger partial charge is 0.306 e. The number of carboxylic acid groups (broad SMARTS) is 1. The molecule has 0 radical (unpaired) electrons. The molecular formula is C13H12BrNO5. The van der Waals surface area contributed by atoms with Crippen LogP contribution in [0.25, 0.3) is 0 Å². The van der Waals surface area contributed by atoms with Crippen molar-refractivity contribution in [3.05, 3.63) is 27.7 Å². The molecule has 1 aliphatic rings. The van der Waals surface area contributed by atoms with Crippen molar-refractivity contribution in [1.82, 2.24) is 0 Å². The highest BCUT2D eigenvalue weighted by atomic mass is 79.9. The van der Waals surface area contributed by atoms with Gasteiger partial charge in [-0.2, -0.15) is 0 Å². The van der Waals surface area contributed by atoms with E-state index < -0.39 is 30.2 Å². The first-order valence-corrected chi connectivity index (χ1v) is 6.66. The highest BCUT2D eigenvalue weighted by Crippen LogP contribution is 2.35. The number of β-amino-alcohol motifs (C(OH)–C–C–N with tert-alkyl or cyclic N) is 1. The number of fused-ring (bicyclic) bond motifs is 1. The first kappa shape index (κ1) is 14.7. The van der Waals surface area contributed by atoms with E-state index in [0.29, 0.717) is 15.7 Å². The predicted octanol–water partition coefficient (Wildman–Crippen LogP) is 1.12. The maximum atomic E-state index is 11.9. The van der Waals surface area contributed by atoms with Crippen LogP contribution in [0.4, 0.5) is 5.69 Å². The molecule has 1 aliphatic heterocycles. The molecule has 1 unspecified atom stereocenters. The number of nitrogens with zero attached hydrogens (tertiary/aromatic N) is 1. The molecule has 1 aromatic rings. The SMILES string of the molecule is Cc1cc(Br)cc2c1N(CC(O)CC(=O)O)C(=O)C2=O. The summed E-state index contributed by atoms with van der Waals surface area (Å²) in [5.41, 5.74) is 1.41. The number of hydrogen-bond donors (Lipinski definition) is 2. The van der Waals surface area contributed by atoms with Crippen molar-refractivity contribution in [3.8, 4) is 0 Å². The molecule has 2 N–H and O–H groups in total. The van der Waals surface area contributed by atoms with Crippen molar-refractivity contribution in [2.24, 2.45) is 0 Å². The third-order valence-corrected chi connectivity index (χ3v) is 3.48. The van der Waals surface area contributed by atoms with Crippen LogP contribution in [0.1, 0.15) is 22.3 Å². The maximum Gasteiger partial charge on any atom is 0.306 e. The number of hydrogen-bond acceptors (Lipinski definition) is 4. The van der Waals surface area contributed by atoms with E-state index in [1.165, 1.54) is 0 Å². The van der Waals surface area contributed by atoms with Crippen molar-refractivity contribution in [1.29, 1.82) is 0 Å². The lowest BCUT2D eigenvalue weighted by Gasteiger charge is -2.21. The Balaban J connectivity index is 2.36. The fraction of sp³-hybridized carbons (Fsp3) is 0.308. The summed E-state index contributed by atoms with van der Waals surface area (Å²) in [6, 6.07) is 3.30. The number of carbonyl (C=O) groups excluding carboxylic acids is 2. The standard InChI is InChI=1S/C13H12BrNO5/c1-6-2-7(14)3-9-11(6)15(13(20)12(9)19)5-8(16)4-10(17)18/h2-3,8,16H,4-5H2,1H3,(H,17,18). The third kappa shape index (κ3) is 2.59. The van der Waals surface area contributed by atoms with E-state index in [4.69, 9.17) is 5.11 Å². The van der Waals surface area contributed by atoms with Crippen LogP contribution in [0.5, 0.6) is 0 Å². The number of ketones is 1. The van der Waals surface area contributed by atoms with Crippen LogP contribution in [0.15, 0.2) is 16.6 Å². The zero-order valence-corrected chi connectivity index (χ0v) is 12.2. The van der Waals surface area contributed by atoms with Crippen LogP contribution in [-0.2, 0) is 9.59 Å². The second-order valence-corrected chi connectivity index (χ2v) is 5.53. The monoisotopic (exact) mass is 341 g/mol. The second kappa shape index (κ2) is 5.34. The normalized spacial score (nSPS) is 15.4. The van der Waals surface area contributed by atoms with Gasteiger partial charge >= 0.3 is 5.97 Å². The number of carboxylic acids is 1. The van der Waals surface area contributed by atoms with Crippen molar-refractivity contribution in [2.75, 3.05) is 11.4 Å². The summed E-state index contributed by atoms with van der Waals surface area (Å²) in [6.07, 6.45) is -1.71. The molecule has 0 saturated carbocycles. The van der Waals surface area contributed by atoms with E-state index in [0.717, 1.165) is 4.90 Å². The van der Waals surface area contributed by atoms with E-state index in [1.54, 1.807) is 19.1 Å². The number of aryl methyl sites for hydroxylation is 1. The molecule has 7 heteroatoms. The summed E-state index contributed by atoms with van der Waals surface area (Å²) >= 11 is 3.26. The molecule has 0 spiro atoms. The number of aliphatic carboxylic acids is 1. The minimum absolute atomic E-state index is 0.216. The van der Waals surface area contributed by atoms with Gasteiger partial charge in [0.05, 0.1) is 30.3 Å². The van der Waals surface area contributed by atoms with Gasteiger partial charge in [0.15, 0.2) is 0 Å². The van der Waals surface area contributed by atoms with Crippen molar-refractivity contribution >= 4 is 39.3 Å². The van der Waals surface area contributed by atoms with Gasteiger partial charge in [0.2, 0.25) is 0 Å². The molecule has 0 saturated heterocycles. The van der Waals surface area contributed by atoms with Gasteiger partial charge in [-0.25, -0.2) is 0 Å². The van der Waals surface area contributed by atoms with Crippen LogP contribution < -0.4 is 4.90 Å². The van der Waals surface area contributed by atoms with Gasteiger partial charge in [-0.3, -0.25) is 14.4 Å². The van der Waals surface area contributed by atoms with Gasteiger partial charge in [0.1, 0.15) is 0 Å². The summed E-state index contributed by atoms with van der Waals surface area (Å²) in [4.78, 5) is 35.6. The van der Waals surface area contributed by atoms with Crippen molar-refractivity contribution in [2.45, 2.75) is 19.4 Å². The number of carbonyl (C=O) groups is 3. The van der Waals surface area contributed by atoms with Gasteiger partial charge < -0.3 is 15.1 Å². The molecule has 0 aliphatic carbocycles. The average molecular weight is 342 g/mol. The van der Waals surface area contributed by atoms with Crippen molar-refractivity contribution in [3.63, 3.8) is 0 Å². The Kier molecular flexibility index (Phi) is 3.92. The first-order valence-electron chi connectivity index (χ1n) is 5.87. The largest absolute Gasteiger partial charge is 0.481 e. The second-order valence-electron chi connectivity index (χ2n) is 4.62. The molecule has 6 nitrogen and oxygen atoms in total. The fourth-order valence-electron chi connectivity index (χ4n) is 2.26. The number of rotatable bonds is 4. The summed E-state index contributed by atoms with van der Waals surface area (Å²) < 4.78 is 0.683. The number of amides is 1. The minimum atomic E-state index is -1.22. The van der Waals surface area contributed by atoms with Gasteiger partial charge in [0, 0.05) is 4.47 Å². The van der Waals surface area contributed by atoms with Gasteiger partial charge in [-0.15, -0.1) is 0 Å². The maximum absolute atomic E-state index is 11.9. The molecule has 0 fully saturated rings. The zero-order valence-electron chi connectivity index (χ0n) is 10.6. The molecule has 20 heavy (non-hydrogen) atoms. The zero-order chi connectivity index (χ0) is 15.0. The quantitative estimate of drug-likeness (QED) is 0.800. The third-order valence-electron chi connectivity index (χ3n) is 3.02. The molecule has 1 heterocycles. The Morgan fingerprint density at radius 3 is 2.65 bits per heavy atom. The number of aliphatic hydroxyl groups excluding tert-OH is 1. The molecule has 1 amide bonds. The van der Waals surface area contributed by atoms with E-state index in [9.17, 15) is 19.5 Å². The summed E-state index contributed by atoms with van der Waals surface area (Å²) in [7, 11) is 0. The van der Waals surface area contributed by atoms with Crippen molar-refractivity contribution < 1.29 is 24.6 Å². The fourth-order valence-corrected chi connectivity index (χ4v) is 2.83. The summed E-state index contributed by atoms with van der Waals surface area (Å²) in [6.45, 7) is 1.53. The van der Waals surface area contributed by atoms with Gasteiger partial charge in [-0.05, 0) is 24.6 Å². The topological polar surface area (TPSA) is 94.9 Å². The summed E-state index contributed by atoms with van der Waals surface area (Å²) in [5.74, 6) is -2.55. The van der Waals surface area contributed by atoms with Crippen LogP contribution in [0.3, 0.4) is 0 Å². The number of Topliss-reactive ketones (excluding diaryl/α,β-unsaturated/α-hetero) is 1. The highest BCUT2D eigenvalue weighted by Gasteiger charge is 2.38. The van der Waals surface area contributed by atoms with Gasteiger partial charge in [0.25, 0.3) is 11.7 Å². The Morgan fingerprint density at radius 2 is 2.05 bits per heavy atom. The molecule has 0 bridgehead atoms. The van der Waals surface area contributed by atoms with Crippen LogP contribution >= 0.6 is 15.9 Å². The Bertz CT molecular complexity index is 613. The molecule has 2 rings (SSSR count). The minimum Gasteiger partial charge on any atom is -0.481 e.